The summed E-state index contributed by atoms with van der Waals surface area (Å²) in [6.45, 7) is 7.81. The molecule has 0 fully saturated rings. The number of carbonyl (C=O) groups is 1. The first-order valence-electron chi connectivity index (χ1n) is 8.98. The van der Waals surface area contributed by atoms with Crippen molar-refractivity contribution in [1.29, 1.82) is 0 Å². The maximum absolute atomic E-state index is 12.7. The molecule has 0 aliphatic rings. The molecule has 1 atom stereocenters. The first-order chi connectivity index (χ1) is 12.9. The van der Waals surface area contributed by atoms with Crippen LogP contribution in [-0.2, 0) is 0 Å². The predicted molar refractivity (Wildman–Crippen MR) is 108 cm³/mol. The molecule has 138 valence electrons. The Labute approximate surface area is 159 Å². The van der Waals surface area contributed by atoms with Gasteiger partial charge in [-0.15, -0.1) is 0 Å². The van der Waals surface area contributed by atoms with E-state index in [4.69, 9.17) is 0 Å². The average molecular weight is 360 g/mol. The third kappa shape index (κ3) is 4.70. The van der Waals surface area contributed by atoms with Crippen LogP contribution in [0.1, 0.15) is 46.0 Å². The summed E-state index contributed by atoms with van der Waals surface area (Å²) < 4.78 is 0. The van der Waals surface area contributed by atoms with Gasteiger partial charge in [0.15, 0.2) is 0 Å². The Morgan fingerprint density at radius 2 is 1.70 bits per heavy atom. The van der Waals surface area contributed by atoms with E-state index in [2.05, 4.69) is 38.8 Å². The molecule has 2 N–H and O–H groups in total. The number of amides is 1. The summed E-state index contributed by atoms with van der Waals surface area (Å²) in [4.78, 5) is 21.4. The Morgan fingerprint density at radius 1 is 0.963 bits per heavy atom. The second kappa shape index (κ2) is 7.99. The summed E-state index contributed by atoms with van der Waals surface area (Å²) in [6.07, 6.45) is 0. The van der Waals surface area contributed by atoms with Crippen LogP contribution in [0.3, 0.4) is 0 Å². The highest BCUT2D eigenvalue weighted by Gasteiger charge is 2.14. The molecule has 0 spiro atoms. The van der Waals surface area contributed by atoms with Gasteiger partial charge < -0.3 is 10.6 Å². The van der Waals surface area contributed by atoms with Gasteiger partial charge in [-0.05, 0) is 50.5 Å². The van der Waals surface area contributed by atoms with E-state index in [9.17, 15) is 4.79 Å². The van der Waals surface area contributed by atoms with Crippen molar-refractivity contribution in [2.45, 2.75) is 33.7 Å². The highest BCUT2D eigenvalue weighted by Crippen LogP contribution is 2.21. The largest absolute Gasteiger partial charge is 0.344 e. The van der Waals surface area contributed by atoms with E-state index in [1.54, 1.807) is 13.0 Å². The molecule has 0 saturated heterocycles. The number of nitrogens with zero attached hydrogens (tertiary/aromatic N) is 2. The van der Waals surface area contributed by atoms with E-state index in [0.29, 0.717) is 17.3 Å². The van der Waals surface area contributed by atoms with Crippen LogP contribution in [0, 0.1) is 20.8 Å². The first-order valence-corrected chi connectivity index (χ1v) is 8.98. The van der Waals surface area contributed by atoms with E-state index in [1.807, 2.05) is 51.1 Å². The average Bonchev–Trinajstić information content (AvgIpc) is 2.65. The highest BCUT2D eigenvalue weighted by atomic mass is 16.1. The zero-order chi connectivity index (χ0) is 19.4. The van der Waals surface area contributed by atoms with Crippen molar-refractivity contribution < 1.29 is 4.79 Å². The maximum atomic E-state index is 12.7. The third-order valence-electron chi connectivity index (χ3n) is 4.37. The number of aryl methyl sites for hydroxylation is 3. The second-order valence-corrected chi connectivity index (χ2v) is 6.73. The van der Waals surface area contributed by atoms with Crippen molar-refractivity contribution in [2.24, 2.45) is 0 Å². The lowest BCUT2D eigenvalue weighted by Crippen LogP contribution is -2.27. The molecule has 27 heavy (non-hydrogen) atoms. The normalized spacial score (nSPS) is 11.7. The van der Waals surface area contributed by atoms with Crippen LogP contribution >= 0.6 is 0 Å². The van der Waals surface area contributed by atoms with Crippen LogP contribution in [0.4, 0.5) is 11.5 Å². The first kappa shape index (κ1) is 18.6. The Kier molecular flexibility index (Phi) is 5.50. The fourth-order valence-electron chi connectivity index (χ4n) is 2.85. The monoisotopic (exact) mass is 360 g/mol. The Morgan fingerprint density at radius 3 is 2.44 bits per heavy atom. The zero-order valence-corrected chi connectivity index (χ0v) is 16.1. The van der Waals surface area contributed by atoms with Crippen molar-refractivity contribution >= 4 is 17.4 Å². The predicted octanol–water partition coefficient (Wildman–Crippen LogP) is 4.64. The van der Waals surface area contributed by atoms with Gasteiger partial charge in [0.2, 0.25) is 0 Å². The minimum atomic E-state index is -0.221. The molecule has 3 rings (SSSR count). The Balaban J connectivity index is 1.80. The molecule has 2 aromatic carbocycles. The maximum Gasteiger partial charge on any atom is 0.270 e. The third-order valence-corrected chi connectivity index (χ3v) is 4.37. The molecule has 1 amide bonds. The number of nitrogens with one attached hydrogen (secondary N) is 2. The molecule has 5 nitrogen and oxygen atoms in total. The standard InChI is InChI=1S/C22H24N4O/c1-14-10-11-15(2)19(12-14)26-21-13-20(24-17(4)25-21)22(27)23-16(3)18-8-6-5-7-9-18/h5-13,16H,1-4H3,(H,23,27)(H,24,25,26). The molecular formula is C22H24N4O. The fraction of sp³-hybridized carbons (Fsp3) is 0.227. The van der Waals surface area contributed by atoms with Gasteiger partial charge in [-0.2, -0.15) is 0 Å². The van der Waals surface area contributed by atoms with E-state index >= 15 is 0 Å². The SMILES string of the molecule is Cc1ccc(C)c(Nc2cc(C(=O)NC(C)c3ccccc3)nc(C)n2)c1. The quantitative estimate of drug-likeness (QED) is 0.696. The summed E-state index contributed by atoms with van der Waals surface area (Å²) in [7, 11) is 0. The van der Waals surface area contributed by atoms with E-state index in [-0.39, 0.29) is 11.9 Å². The molecule has 3 aromatic rings. The van der Waals surface area contributed by atoms with Gasteiger partial charge in [-0.1, -0.05) is 42.5 Å². The van der Waals surface area contributed by atoms with Crippen LogP contribution in [0.15, 0.2) is 54.6 Å². The van der Waals surface area contributed by atoms with Gasteiger partial charge in [-0.3, -0.25) is 4.79 Å². The smallest absolute Gasteiger partial charge is 0.270 e. The molecular weight excluding hydrogens is 336 g/mol. The number of hydrogen-bond acceptors (Lipinski definition) is 4. The zero-order valence-electron chi connectivity index (χ0n) is 16.1. The van der Waals surface area contributed by atoms with Crippen LogP contribution in [0.5, 0.6) is 0 Å². The van der Waals surface area contributed by atoms with Gasteiger partial charge in [0.1, 0.15) is 17.3 Å². The number of aromatic nitrogens is 2. The number of anilines is 2. The number of carbonyl (C=O) groups excluding carboxylic acids is 1. The minimum Gasteiger partial charge on any atom is -0.344 e. The minimum absolute atomic E-state index is 0.107. The van der Waals surface area contributed by atoms with Gasteiger partial charge in [0.05, 0.1) is 6.04 Å². The van der Waals surface area contributed by atoms with Crippen molar-refractivity contribution in [3.8, 4) is 0 Å². The summed E-state index contributed by atoms with van der Waals surface area (Å²) in [5.41, 5.74) is 4.63. The lowest BCUT2D eigenvalue weighted by molar-refractivity contribution is 0.0934. The van der Waals surface area contributed by atoms with E-state index in [0.717, 1.165) is 22.4 Å². The van der Waals surface area contributed by atoms with Crippen molar-refractivity contribution in [3.05, 3.63) is 82.8 Å². The van der Waals surface area contributed by atoms with Crippen LogP contribution in [0.25, 0.3) is 0 Å². The Bertz CT molecular complexity index is 954. The van der Waals surface area contributed by atoms with Gasteiger partial charge in [0, 0.05) is 11.8 Å². The highest BCUT2D eigenvalue weighted by molar-refractivity contribution is 5.93. The molecule has 0 aliphatic carbocycles. The van der Waals surface area contributed by atoms with Crippen LogP contribution < -0.4 is 10.6 Å². The van der Waals surface area contributed by atoms with E-state index in [1.165, 1.54) is 0 Å². The van der Waals surface area contributed by atoms with Crippen LogP contribution in [0.2, 0.25) is 0 Å². The molecule has 1 aromatic heterocycles. The summed E-state index contributed by atoms with van der Waals surface area (Å²) in [6, 6.07) is 17.6. The lowest BCUT2D eigenvalue weighted by Gasteiger charge is -2.15. The summed E-state index contributed by atoms with van der Waals surface area (Å²) in [5, 5.41) is 6.30. The van der Waals surface area contributed by atoms with Gasteiger partial charge >= 0.3 is 0 Å². The molecule has 1 unspecified atom stereocenters. The number of hydrogen-bond donors (Lipinski definition) is 2. The topological polar surface area (TPSA) is 66.9 Å². The number of rotatable bonds is 5. The van der Waals surface area contributed by atoms with Crippen LogP contribution in [-0.4, -0.2) is 15.9 Å². The summed E-state index contributed by atoms with van der Waals surface area (Å²) in [5.74, 6) is 0.928. The fourth-order valence-corrected chi connectivity index (χ4v) is 2.85. The number of benzene rings is 2. The molecule has 0 bridgehead atoms. The Hall–Kier alpha value is -3.21. The molecule has 0 radical (unpaired) electrons. The van der Waals surface area contributed by atoms with Gasteiger partial charge in [0.25, 0.3) is 5.91 Å². The molecule has 0 aliphatic heterocycles. The lowest BCUT2D eigenvalue weighted by atomic mass is 10.1. The molecule has 1 heterocycles. The van der Waals surface area contributed by atoms with Gasteiger partial charge in [-0.25, -0.2) is 9.97 Å². The van der Waals surface area contributed by atoms with Crippen molar-refractivity contribution in [2.75, 3.05) is 5.32 Å². The summed E-state index contributed by atoms with van der Waals surface area (Å²) >= 11 is 0. The van der Waals surface area contributed by atoms with Crippen molar-refractivity contribution in [3.63, 3.8) is 0 Å². The van der Waals surface area contributed by atoms with E-state index < -0.39 is 0 Å². The van der Waals surface area contributed by atoms with Crippen molar-refractivity contribution in [1.82, 2.24) is 15.3 Å². The second-order valence-electron chi connectivity index (χ2n) is 6.73. The molecule has 5 heteroatoms. The molecule has 0 saturated carbocycles.